The lowest BCUT2D eigenvalue weighted by Gasteiger charge is -2.33. The molecular weight excluding hydrogens is 498 g/mol. The molecule has 1 amide bonds. The number of carbonyl (C=O) groups is 1. The lowest BCUT2D eigenvalue weighted by Crippen LogP contribution is -2.41. The average molecular weight is 538 g/mol. The number of amides is 1. The number of anilines is 1. The topological polar surface area (TPSA) is 87.0 Å². The highest BCUT2D eigenvalue weighted by molar-refractivity contribution is 7.81. The molecule has 3 aromatic rings. The van der Waals surface area contributed by atoms with Gasteiger partial charge < -0.3 is 29.7 Å². The Kier molecular flexibility index (Phi) is 8.21. The zero-order valence-corrected chi connectivity index (χ0v) is 23.8. The summed E-state index contributed by atoms with van der Waals surface area (Å²) in [7, 11) is 0. The van der Waals surface area contributed by atoms with Gasteiger partial charge in [0.15, 0.2) is 0 Å². The van der Waals surface area contributed by atoms with E-state index in [2.05, 4.69) is 34.3 Å². The first-order valence-corrected chi connectivity index (χ1v) is 13.8. The average Bonchev–Trinajstić information content (AvgIpc) is 3.24. The number of aromatic nitrogens is 1. The van der Waals surface area contributed by atoms with Crippen molar-refractivity contribution in [1.29, 1.82) is 0 Å². The molecule has 7 nitrogen and oxygen atoms in total. The molecule has 1 saturated heterocycles. The van der Waals surface area contributed by atoms with E-state index in [-0.39, 0.29) is 23.5 Å². The molecule has 0 radical (unpaired) electrons. The van der Waals surface area contributed by atoms with E-state index in [0.717, 1.165) is 61.1 Å². The van der Waals surface area contributed by atoms with Gasteiger partial charge in [-0.25, -0.2) is 4.79 Å². The van der Waals surface area contributed by atoms with Crippen molar-refractivity contribution in [2.24, 2.45) is 5.92 Å². The van der Waals surface area contributed by atoms with Gasteiger partial charge in [0.1, 0.15) is 22.1 Å². The molecular formula is C30H39N3O4S. The first-order chi connectivity index (χ1) is 17.9. The number of aryl methyl sites for hydroxylation is 1. The third-order valence-corrected chi connectivity index (χ3v) is 7.41. The van der Waals surface area contributed by atoms with Gasteiger partial charge in [-0.15, -0.1) is 0 Å². The summed E-state index contributed by atoms with van der Waals surface area (Å²) in [6, 6.07) is 11.3. The maximum absolute atomic E-state index is 12.3. The molecule has 4 rings (SSSR count). The summed E-state index contributed by atoms with van der Waals surface area (Å²) in [5, 5.41) is 24.8. The fourth-order valence-corrected chi connectivity index (χ4v) is 5.24. The van der Waals surface area contributed by atoms with E-state index in [9.17, 15) is 15.0 Å². The molecule has 38 heavy (non-hydrogen) atoms. The maximum atomic E-state index is 12.3. The minimum Gasteiger partial charge on any atom is -0.508 e. The number of fused-ring (bicyclic) bond motifs is 1. The van der Waals surface area contributed by atoms with E-state index in [1.807, 2.05) is 45.6 Å². The number of hydrogen-bond donors (Lipinski definition) is 3. The van der Waals surface area contributed by atoms with Crippen LogP contribution in [0.25, 0.3) is 10.9 Å². The molecule has 2 heterocycles. The standard InChI is InChI=1S/C30H39N3O4S/c1-19(2)23-17-24(27(35)18-26(23)34)28(38)31-22-6-7-25-21(16-22)11-15-32(25)12-8-20-9-13-33(14-10-20)29(36)37-30(3,4)5/h6-7,11,15-20,34-35H,8-10,12-14H2,1-5H3,(H,31,38). The van der Waals surface area contributed by atoms with Gasteiger partial charge >= 0.3 is 6.09 Å². The summed E-state index contributed by atoms with van der Waals surface area (Å²) in [6.45, 7) is 12.1. The molecule has 1 aromatic heterocycles. The SMILES string of the molecule is CC(C)c1cc(C(=S)Nc2ccc3c(ccn3CCC3CCN(C(=O)OC(C)(C)C)CC3)c2)c(O)cc1O. The van der Waals surface area contributed by atoms with E-state index in [0.29, 0.717) is 16.5 Å². The molecule has 0 saturated carbocycles. The Labute approximate surface area is 230 Å². The highest BCUT2D eigenvalue weighted by Gasteiger charge is 2.26. The van der Waals surface area contributed by atoms with Crippen molar-refractivity contribution in [3.63, 3.8) is 0 Å². The number of phenolic OH excluding ortho intramolecular Hbond substituents is 2. The Morgan fingerprint density at radius 2 is 1.82 bits per heavy atom. The van der Waals surface area contributed by atoms with Gasteiger partial charge in [-0.3, -0.25) is 0 Å². The number of rotatable bonds is 6. The second-order valence-electron chi connectivity index (χ2n) is 11.5. The number of likely N-dealkylation sites (tertiary alicyclic amines) is 1. The molecule has 8 heteroatoms. The van der Waals surface area contributed by atoms with Crippen LogP contribution in [0.4, 0.5) is 10.5 Å². The Balaban J connectivity index is 1.35. The smallest absolute Gasteiger partial charge is 0.410 e. The lowest BCUT2D eigenvalue weighted by atomic mass is 9.94. The Hall–Kier alpha value is -3.26. The molecule has 204 valence electrons. The normalized spacial score (nSPS) is 14.7. The van der Waals surface area contributed by atoms with Crippen molar-refractivity contribution in [3.05, 3.63) is 53.7 Å². The van der Waals surface area contributed by atoms with Crippen LogP contribution in [0, 0.1) is 5.92 Å². The van der Waals surface area contributed by atoms with E-state index < -0.39 is 5.60 Å². The molecule has 0 bridgehead atoms. The lowest BCUT2D eigenvalue weighted by molar-refractivity contribution is 0.0180. The molecule has 0 spiro atoms. The molecule has 0 atom stereocenters. The molecule has 0 unspecified atom stereocenters. The highest BCUT2D eigenvalue weighted by Crippen LogP contribution is 2.33. The summed E-state index contributed by atoms with van der Waals surface area (Å²) in [5.74, 6) is 0.706. The van der Waals surface area contributed by atoms with Crippen LogP contribution < -0.4 is 5.32 Å². The number of aromatic hydroxyl groups is 2. The number of nitrogens with zero attached hydrogens (tertiary/aromatic N) is 2. The summed E-state index contributed by atoms with van der Waals surface area (Å²) < 4.78 is 7.79. The first-order valence-electron chi connectivity index (χ1n) is 13.4. The van der Waals surface area contributed by atoms with Crippen LogP contribution in [0.15, 0.2) is 42.6 Å². The minimum atomic E-state index is -0.464. The number of ether oxygens (including phenoxy) is 1. The molecule has 1 fully saturated rings. The van der Waals surface area contributed by atoms with Crippen LogP contribution in [-0.4, -0.2) is 49.5 Å². The highest BCUT2D eigenvalue weighted by atomic mass is 32.1. The van der Waals surface area contributed by atoms with Crippen LogP contribution >= 0.6 is 12.2 Å². The van der Waals surface area contributed by atoms with Crippen molar-refractivity contribution in [1.82, 2.24) is 9.47 Å². The minimum absolute atomic E-state index is 0.0476. The van der Waals surface area contributed by atoms with Crippen LogP contribution in [-0.2, 0) is 11.3 Å². The molecule has 2 aromatic carbocycles. The Morgan fingerprint density at radius 1 is 1.11 bits per heavy atom. The number of nitrogens with one attached hydrogen (secondary N) is 1. The van der Waals surface area contributed by atoms with Gasteiger partial charge in [-0.05, 0) is 87.8 Å². The summed E-state index contributed by atoms with van der Waals surface area (Å²) in [5.41, 5.74) is 2.77. The summed E-state index contributed by atoms with van der Waals surface area (Å²) in [4.78, 5) is 14.6. The van der Waals surface area contributed by atoms with Gasteiger partial charge in [0, 0.05) is 48.5 Å². The zero-order valence-electron chi connectivity index (χ0n) is 23.0. The third-order valence-electron chi connectivity index (χ3n) is 7.08. The van der Waals surface area contributed by atoms with Gasteiger partial charge in [0.05, 0.1) is 5.56 Å². The van der Waals surface area contributed by atoms with E-state index in [1.165, 1.54) is 6.07 Å². The van der Waals surface area contributed by atoms with Crippen LogP contribution in [0.2, 0.25) is 0 Å². The Morgan fingerprint density at radius 3 is 2.47 bits per heavy atom. The predicted octanol–water partition coefficient (Wildman–Crippen LogP) is 7.00. The van der Waals surface area contributed by atoms with Gasteiger partial charge in [-0.1, -0.05) is 26.1 Å². The monoisotopic (exact) mass is 537 g/mol. The summed E-state index contributed by atoms with van der Waals surface area (Å²) >= 11 is 5.58. The number of carbonyl (C=O) groups excluding carboxylic acids is 1. The van der Waals surface area contributed by atoms with E-state index in [4.69, 9.17) is 17.0 Å². The van der Waals surface area contributed by atoms with Gasteiger partial charge in [0.25, 0.3) is 0 Å². The molecule has 1 aliphatic heterocycles. The molecule has 1 aliphatic rings. The first kappa shape index (κ1) is 27.8. The van der Waals surface area contributed by atoms with Crippen molar-refractivity contribution in [2.45, 2.75) is 71.9 Å². The van der Waals surface area contributed by atoms with Crippen molar-refractivity contribution >= 4 is 39.9 Å². The van der Waals surface area contributed by atoms with Crippen LogP contribution in [0.3, 0.4) is 0 Å². The molecule has 0 aliphatic carbocycles. The predicted molar refractivity (Wildman–Crippen MR) is 156 cm³/mol. The third kappa shape index (κ3) is 6.59. The number of benzene rings is 2. The second-order valence-corrected chi connectivity index (χ2v) is 11.9. The number of thiocarbonyl (C=S) groups is 1. The number of phenols is 2. The van der Waals surface area contributed by atoms with Crippen LogP contribution in [0.1, 0.15) is 70.9 Å². The van der Waals surface area contributed by atoms with E-state index >= 15 is 0 Å². The number of hydrogen-bond acceptors (Lipinski definition) is 5. The Bertz CT molecular complexity index is 1320. The fourth-order valence-electron chi connectivity index (χ4n) is 4.96. The maximum Gasteiger partial charge on any atom is 0.410 e. The quantitative estimate of drug-likeness (QED) is 0.294. The molecule has 3 N–H and O–H groups in total. The van der Waals surface area contributed by atoms with Crippen molar-refractivity contribution in [3.8, 4) is 11.5 Å². The van der Waals surface area contributed by atoms with Gasteiger partial charge in [0.2, 0.25) is 0 Å². The summed E-state index contributed by atoms with van der Waals surface area (Å²) in [6.07, 6.45) is 4.95. The van der Waals surface area contributed by atoms with Crippen molar-refractivity contribution < 1.29 is 19.7 Å². The van der Waals surface area contributed by atoms with E-state index in [1.54, 1.807) is 6.07 Å². The van der Waals surface area contributed by atoms with Crippen LogP contribution in [0.5, 0.6) is 11.5 Å². The van der Waals surface area contributed by atoms with Crippen molar-refractivity contribution in [2.75, 3.05) is 18.4 Å². The largest absolute Gasteiger partial charge is 0.508 e. The van der Waals surface area contributed by atoms with Gasteiger partial charge in [-0.2, -0.15) is 0 Å². The number of piperidine rings is 1. The second kappa shape index (κ2) is 11.2. The zero-order chi connectivity index (χ0) is 27.6. The fraction of sp³-hybridized carbons (Fsp3) is 0.467.